The van der Waals surface area contributed by atoms with Crippen LogP contribution in [0, 0.1) is 13.8 Å². The van der Waals surface area contributed by atoms with Crippen LogP contribution in [-0.4, -0.2) is 19.7 Å². The first-order valence-corrected chi connectivity index (χ1v) is 5.11. The smallest absolute Gasteiger partial charge is 0.223 e. The van der Waals surface area contributed by atoms with E-state index in [1.165, 1.54) is 6.33 Å². The summed E-state index contributed by atoms with van der Waals surface area (Å²) in [4.78, 5) is 7.76. The monoisotopic (exact) mass is 238 g/mol. The topological polar surface area (TPSA) is 52.8 Å². The van der Waals surface area contributed by atoms with Gasteiger partial charge in [-0.05, 0) is 13.8 Å². The Balaban J connectivity index is 2.34. The fourth-order valence-electron chi connectivity index (χ4n) is 1.38. The summed E-state index contributed by atoms with van der Waals surface area (Å²) >= 11 is 5.74. The maximum absolute atomic E-state index is 5.74. The van der Waals surface area contributed by atoms with Crippen LogP contribution in [-0.2, 0) is 7.05 Å². The largest absolute Gasteiger partial charge is 0.435 e. The Hall–Kier alpha value is -1.62. The van der Waals surface area contributed by atoms with Crippen LogP contribution < -0.4 is 4.74 Å². The van der Waals surface area contributed by atoms with Gasteiger partial charge in [-0.2, -0.15) is 5.10 Å². The van der Waals surface area contributed by atoms with Gasteiger partial charge in [-0.1, -0.05) is 11.6 Å². The fourth-order valence-corrected chi connectivity index (χ4v) is 1.52. The van der Waals surface area contributed by atoms with Gasteiger partial charge in [-0.25, -0.2) is 9.97 Å². The summed E-state index contributed by atoms with van der Waals surface area (Å²) in [6.07, 6.45) is 1.36. The SMILES string of the molecule is Cc1nn(C)c(C)c1Oc1cc(Cl)ncn1. The second-order valence-electron chi connectivity index (χ2n) is 3.40. The third-order valence-corrected chi connectivity index (χ3v) is 2.46. The van der Waals surface area contributed by atoms with E-state index in [4.69, 9.17) is 16.3 Å². The van der Waals surface area contributed by atoms with E-state index in [1.807, 2.05) is 20.9 Å². The van der Waals surface area contributed by atoms with Gasteiger partial charge in [0.15, 0.2) is 5.75 Å². The molecule has 2 rings (SSSR count). The molecule has 2 heterocycles. The van der Waals surface area contributed by atoms with Crippen molar-refractivity contribution in [3.8, 4) is 11.6 Å². The van der Waals surface area contributed by atoms with Gasteiger partial charge in [0, 0.05) is 13.1 Å². The van der Waals surface area contributed by atoms with Crippen molar-refractivity contribution in [3.63, 3.8) is 0 Å². The molecule has 84 valence electrons. The van der Waals surface area contributed by atoms with Gasteiger partial charge < -0.3 is 4.74 Å². The molecule has 0 spiro atoms. The van der Waals surface area contributed by atoms with Crippen molar-refractivity contribution in [1.29, 1.82) is 0 Å². The number of hydrogen-bond acceptors (Lipinski definition) is 4. The lowest BCUT2D eigenvalue weighted by atomic mass is 10.3. The Bertz CT molecular complexity index is 524. The lowest BCUT2D eigenvalue weighted by molar-refractivity contribution is 0.454. The Morgan fingerprint density at radius 2 is 2.06 bits per heavy atom. The summed E-state index contributed by atoms with van der Waals surface area (Å²) in [5.74, 6) is 1.12. The molecule has 0 saturated heterocycles. The minimum Gasteiger partial charge on any atom is -0.435 e. The highest BCUT2D eigenvalue weighted by Gasteiger charge is 2.12. The quantitative estimate of drug-likeness (QED) is 0.754. The predicted octanol–water partition coefficient (Wildman–Crippen LogP) is 2.27. The minimum absolute atomic E-state index is 0.351. The molecule has 0 saturated carbocycles. The summed E-state index contributed by atoms with van der Waals surface area (Å²) < 4.78 is 7.38. The highest BCUT2D eigenvalue weighted by atomic mass is 35.5. The van der Waals surface area contributed by atoms with E-state index >= 15 is 0 Å². The van der Waals surface area contributed by atoms with Crippen LogP contribution in [0.1, 0.15) is 11.4 Å². The van der Waals surface area contributed by atoms with E-state index in [1.54, 1.807) is 10.7 Å². The average molecular weight is 239 g/mol. The van der Waals surface area contributed by atoms with Crippen molar-refractivity contribution in [2.75, 3.05) is 0 Å². The molecule has 16 heavy (non-hydrogen) atoms. The number of halogens is 1. The Morgan fingerprint density at radius 3 is 2.62 bits per heavy atom. The summed E-state index contributed by atoms with van der Waals surface area (Å²) in [5.41, 5.74) is 1.75. The summed E-state index contributed by atoms with van der Waals surface area (Å²) in [6, 6.07) is 1.56. The number of hydrogen-bond donors (Lipinski definition) is 0. The highest BCUT2D eigenvalue weighted by molar-refractivity contribution is 6.29. The summed E-state index contributed by atoms with van der Waals surface area (Å²) in [7, 11) is 1.86. The first-order valence-electron chi connectivity index (χ1n) is 4.73. The van der Waals surface area contributed by atoms with Crippen LogP contribution in [0.2, 0.25) is 5.15 Å². The van der Waals surface area contributed by atoms with Crippen molar-refractivity contribution in [3.05, 3.63) is 28.9 Å². The van der Waals surface area contributed by atoms with Gasteiger partial charge in [0.25, 0.3) is 0 Å². The Labute approximate surface area is 98.0 Å². The van der Waals surface area contributed by atoms with Crippen molar-refractivity contribution < 1.29 is 4.74 Å². The van der Waals surface area contributed by atoms with Gasteiger partial charge in [-0.15, -0.1) is 0 Å². The third-order valence-electron chi connectivity index (χ3n) is 2.26. The molecule has 0 aliphatic rings. The number of ether oxygens (including phenoxy) is 1. The van der Waals surface area contributed by atoms with Gasteiger partial charge in [0.2, 0.25) is 5.88 Å². The van der Waals surface area contributed by atoms with E-state index in [0.29, 0.717) is 16.8 Å². The molecule has 0 radical (unpaired) electrons. The van der Waals surface area contributed by atoms with Crippen LogP contribution in [0.15, 0.2) is 12.4 Å². The molecule has 0 unspecified atom stereocenters. The maximum Gasteiger partial charge on any atom is 0.223 e. The molecule has 0 aromatic carbocycles. The molecular formula is C10H11ClN4O. The zero-order chi connectivity index (χ0) is 11.7. The average Bonchev–Trinajstić information content (AvgIpc) is 2.45. The van der Waals surface area contributed by atoms with E-state index in [2.05, 4.69) is 15.1 Å². The molecule has 0 amide bonds. The molecular weight excluding hydrogens is 228 g/mol. The zero-order valence-corrected chi connectivity index (χ0v) is 9.99. The molecule has 5 nitrogen and oxygen atoms in total. The Kier molecular flexibility index (Phi) is 2.78. The van der Waals surface area contributed by atoms with E-state index < -0.39 is 0 Å². The molecule has 0 N–H and O–H groups in total. The normalized spacial score (nSPS) is 10.5. The number of rotatable bonds is 2. The van der Waals surface area contributed by atoms with Crippen LogP contribution >= 0.6 is 11.6 Å². The van der Waals surface area contributed by atoms with Gasteiger partial charge >= 0.3 is 0 Å². The van der Waals surface area contributed by atoms with Crippen LogP contribution in [0.4, 0.5) is 0 Å². The minimum atomic E-state index is 0.351. The van der Waals surface area contributed by atoms with E-state index in [9.17, 15) is 0 Å². The number of nitrogens with zero attached hydrogens (tertiary/aromatic N) is 4. The van der Waals surface area contributed by atoms with E-state index in [-0.39, 0.29) is 0 Å². The van der Waals surface area contributed by atoms with Crippen LogP contribution in [0.5, 0.6) is 11.6 Å². The molecule has 6 heteroatoms. The zero-order valence-electron chi connectivity index (χ0n) is 9.23. The van der Waals surface area contributed by atoms with Crippen molar-refractivity contribution in [1.82, 2.24) is 19.7 Å². The molecule has 0 fully saturated rings. The Morgan fingerprint density at radius 1 is 1.31 bits per heavy atom. The van der Waals surface area contributed by atoms with Crippen molar-refractivity contribution in [2.24, 2.45) is 7.05 Å². The first kappa shape index (κ1) is 10.9. The van der Waals surface area contributed by atoms with Gasteiger partial charge in [-0.3, -0.25) is 4.68 Å². The van der Waals surface area contributed by atoms with Crippen LogP contribution in [0.25, 0.3) is 0 Å². The molecule has 0 bridgehead atoms. The molecule has 2 aromatic rings. The van der Waals surface area contributed by atoms with Crippen LogP contribution in [0.3, 0.4) is 0 Å². The first-order chi connectivity index (χ1) is 7.58. The van der Waals surface area contributed by atoms with Crippen molar-refractivity contribution >= 4 is 11.6 Å². The lowest BCUT2D eigenvalue weighted by Gasteiger charge is -2.04. The number of aromatic nitrogens is 4. The lowest BCUT2D eigenvalue weighted by Crippen LogP contribution is -1.94. The summed E-state index contributed by atoms with van der Waals surface area (Å²) in [6.45, 7) is 3.81. The second kappa shape index (κ2) is 4.09. The fraction of sp³-hybridized carbons (Fsp3) is 0.300. The third kappa shape index (κ3) is 1.99. The van der Waals surface area contributed by atoms with Gasteiger partial charge in [0.1, 0.15) is 17.2 Å². The highest BCUT2D eigenvalue weighted by Crippen LogP contribution is 2.27. The molecule has 0 aliphatic carbocycles. The standard InChI is InChI=1S/C10H11ClN4O/c1-6-10(7(2)15(3)14-6)16-9-4-8(11)12-5-13-9/h4-5H,1-3H3. The maximum atomic E-state index is 5.74. The van der Waals surface area contributed by atoms with Gasteiger partial charge in [0.05, 0.1) is 5.69 Å². The second-order valence-corrected chi connectivity index (χ2v) is 3.79. The summed E-state index contributed by atoms with van der Waals surface area (Å²) in [5, 5.41) is 4.60. The van der Waals surface area contributed by atoms with E-state index in [0.717, 1.165) is 11.4 Å². The molecule has 0 aliphatic heterocycles. The van der Waals surface area contributed by atoms with Crippen molar-refractivity contribution in [2.45, 2.75) is 13.8 Å². The number of aryl methyl sites for hydroxylation is 2. The molecule has 0 atom stereocenters. The molecule has 2 aromatic heterocycles. The predicted molar refractivity (Wildman–Crippen MR) is 59.8 cm³/mol.